The van der Waals surface area contributed by atoms with Gasteiger partial charge in [-0.2, -0.15) is 5.26 Å². The third kappa shape index (κ3) is 6.79. The van der Waals surface area contributed by atoms with Gasteiger partial charge in [0.25, 0.3) is 11.8 Å². The number of anilines is 2. The molecule has 2 amide bonds. The molecule has 0 aliphatic heterocycles. The molecule has 9 heteroatoms. The molecule has 3 rings (SSSR count). The van der Waals surface area contributed by atoms with Crippen molar-refractivity contribution in [3.05, 3.63) is 86.9 Å². The minimum atomic E-state index is -0.524. The number of hydrogen-bond acceptors (Lipinski definition) is 5. The molecule has 0 unspecified atom stereocenters. The van der Waals surface area contributed by atoms with Gasteiger partial charge in [-0.25, -0.2) is 0 Å². The van der Waals surface area contributed by atoms with Crippen LogP contribution in [0.2, 0.25) is 10.0 Å². The van der Waals surface area contributed by atoms with Gasteiger partial charge < -0.3 is 20.1 Å². The second-order valence-corrected chi connectivity index (χ2v) is 8.56. The molecule has 0 saturated heterocycles. The molecule has 0 fully saturated rings. The standard InChI is InChI=1S/C27H23Cl2N3O4/c1-16-5-4-6-23(17(16)2)32-27(34)19(14-30)11-18-7-10-24(25(12-18)35-3)36-15-26(33)31-20-8-9-21(28)22(29)13-20/h4-13H,15H2,1-3H3,(H,31,33)(H,32,34)/b19-11-. The first kappa shape index (κ1) is 26.6. The Morgan fingerprint density at radius 2 is 1.78 bits per heavy atom. The highest BCUT2D eigenvalue weighted by molar-refractivity contribution is 6.42. The van der Waals surface area contributed by atoms with Crippen LogP contribution in [0.5, 0.6) is 11.5 Å². The average molecular weight is 524 g/mol. The molecular formula is C27H23Cl2N3O4. The maximum atomic E-state index is 12.7. The Kier molecular flexibility index (Phi) is 8.96. The van der Waals surface area contributed by atoms with Gasteiger partial charge in [0.2, 0.25) is 0 Å². The Bertz CT molecular complexity index is 1380. The predicted octanol–water partition coefficient (Wildman–Crippen LogP) is 6.18. The van der Waals surface area contributed by atoms with Crippen LogP contribution in [0.4, 0.5) is 11.4 Å². The van der Waals surface area contributed by atoms with E-state index in [1.54, 1.807) is 36.4 Å². The number of amides is 2. The van der Waals surface area contributed by atoms with E-state index in [9.17, 15) is 14.9 Å². The zero-order valence-corrected chi connectivity index (χ0v) is 21.3. The van der Waals surface area contributed by atoms with E-state index in [4.69, 9.17) is 32.7 Å². The first-order valence-corrected chi connectivity index (χ1v) is 11.5. The fourth-order valence-corrected chi connectivity index (χ4v) is 3.50. The summed E-state index contributed by atoms with van der Waals surface area (Å²) in [4.78, 5) is 24.9. The number of aryl methyl sites for hydroxylation is 1. The Labute approximate surface area is 219 Å². The number of methoxy groups -OCH3 is 1. The minimum Gasteiger partial charge on any atom is -0.493 e. The minimum absolute atomic E-state index is 0.0763. The molecule has 2 N–H and O–H groups in total. The highest BCUT2D eigenvalue weighted by atomic mass is 35.5. The monoisotopic (exact) mass is 523 g/mol. The lowest BCUT2D eigenvalue weighted by Crippen LogP contribution is -2.20. The van der Waals surface area contributed by atoms with Gasteiger partial charge in [-0.05, 0) is 73.0 Å². The first-order chi connectivity index (χ1) is 17.2. The Balaban J connectivity index is 1.69. The molecule has 0 bridgehead atoms. The van der Waals surface area contributed by atoms with Gasteiger partial charge in [0.15, 0.2) is 18.1 Å². The van der Waals surface area contributed by atoms with Crippen molar-refractivity contribution >= 4 is 52.5 Å². The SMILES string of the molecule is COc1cc(/C=C(/C#N)C(=O)Nc2cccc(C)c2C)ccc1OCC(=O)Nc1ccc(Cl)c(Cl)c1. The molecule has 3 aromatic rings. The van der Waals surface area contributed by atoms with E-state index in [0.29, 0.717) is 38.5 Å². The van der Waals surface area contributed by atoms with Crippen LogP contribution in [0.15, 0.2) is 60.2 Å². The number of halogens is 2. The molecule has 0 radical (unpaired) electrons. The lowest BCUT2D eigenvalue weighted by Gasteiger charge is -2.12. The van der Waals surface area contributed by atoms with Crippen LogP contribution in [-0.4, -0.2) is 25.5 Å². The molecule has 184 valence electrons. The van der Waals surface area contributed by atoms with Gasteiger partial charge in [-0.1, -0.05) is 41.4 Å². The number of carbonyl (C=O) groups is 2. The van der Waals surface area contributed by atoms with Crippen LogP contribution < -0.4 is 20.1 Å². The molecule has 0 aromatic heterocycles. The van der Waals surface area contributed by atoms with Crippen molar-refractivity contribution in [3.8, 4) is 17.6 Å². The van der Waals surface area contributed by atoms with Gasteiger partial charge in [-0.15, -0.1) is 0 Å². The molecule has 0 atom stereocenters. The van der Waals surface area contributed by atoms with Gasteiger partial charge in [0, 0.05) is 11.4 Å². The fraction of sp³-hybridized carbons (Fsp3) is 0.148. The summed E-state index contributed by atoms with van der Waals surface area (Å²) in [6.07, 6.45) is 1.45. The quantitative estimate of drug-likeness (QED) is 0.271. The number of nitrogens with zero attached hydrogens (tertiary/aromatic N) is 1. The predicted molar refractivity (Wildman–Crippen MR) is 142 cm³/mol. The third-order valence-electron chi connectivity index (χ3n) is 5.28. The molecule has 0 saturated carbocycles. The first-order valence-electron chi connectivity index (χ1n) is 10.8. The van der Waals surface area contributed by atoms with E-state index in [0.717, 1.165) is 11.1 Å². The van der Waals surface area contributed by atoms with E-state index in [1.807, 2.05) is 32.0 Å². The lowest BCUT2D eigenvalue weighted by molar-refractivity contribution is -0.118. The summed E-state index contributed by atoms with van der Waals surface area (Å²) in [6, 6.07) is 17.1. The van der Waals surface area contributed by atoms with Crippen LogP contribution in [0.25, 0.3) is 6.08 Å². The Hall–Kier alpha value is -3.99. The number of benzene rings is 3. The molecular weight excluding hydrogens is 501 g/mol. The fourth-order valence-electron chi connectivity index (χ4n) is 3.20. The zero-order chi connectivity index (χ0) is 26.2. The molecule has 3 aromatic carbocycles. The zero-order valence-electron chi connectivity index (χ0n) is 19.8. The van der Waals surface area contributed by atoms with E-state index in [-0.39, 0.29) is 12.2 Å². The van der Waals surface area contributed by atoms with Crippen molar-refractivity contribution in [1.29, 1.82) is 5.26 Å². The summed E-state index contributed by atoms with van der Waals surface area (Å²) in [5.41, 5.74) is 3.55. The Morgan fingerprint density at radius 1 is 1.00 bits per heavy atom. The van der Waals surface area contributed by atoms with Gasteiger partial charge in [-0.3, -0.25) is 9.59 Å². The Morgan fingerprint density at radius 3 is 2.47 bits per heavy atom. The van der Waals surface area contributed by atoms with Crippen molar-refractivity contribution in [3.63, 3.8) is 0 Å². The molecule has 7 nitrogen and oxygen atoms in total. The van der Waals surface area contributed by atoms with E-state index < -0.39 is 11.8 Å². The maximum Gasteiger partial charge on any atom is 0.266 e. The van der Waals surface area contributed by atoms with Crippen molar-refractivity contribution in [2.75, 3.05) is 24.4 Å². The van der Waals surface area contributed by atoms with E-state index in [1.165, 1.54) is 19.3 Å². The highest BCUT2D eigenvalue weighted by Crippen LogP contribution is 2.29. The molecule has 36 heavy (non-hydrogen) atoms. The summed E-state index contributed by atoms with van der Waals surface area (Å²) < 4.78 is 11.0. The number of nitrogens with one attached hydrogen (secondary N) is 2. The highest BCUT2D eigenvalue weighted by Gasteiger charge is 2.14. The number of ether oxygens (including phenoxy) is 2. The topological polar surface area (TPSA) is 100 Å². The van der Waals surface area contributed by atoms with Crippen LogP contribution >= 0.6 is 23.2 Å². The lowest BCUT2D eigenvalue weighted by atomic mass is 10.1. The van der Waals surface area contributed by atoms with E-state index in [2.05, 4.69) is 10.6 Å². The summed E-state index contributed by atoms with van der Waals surface area (Å²) in [7, 11) is 1.45. The second kappa shape index (κ2) is 12.1. The van der Waals surface area contributed by atoms with Gasteiger partial charge in [0.1, 0.15) is 11.6 Å². The number of carbonyl (C=O) groups excluding carboxylic acids is 2. The molecule has 0 aliphatic rings. The van der Waals surface area contributed by atoms with Crippen LogP contribution in [0.3, 0.4) is 0 Å². The van der Waals surface area contributed by atoms with Gasteiger partial charge >= 0.3 is 0 Å². The van der Waals surface area contributed by atoms with Crippen molar-refractivity contribution in [2.24, 2.45) is 0 Å². The maximum absolute atomic E-state index is 12.7. The van der Waals surface area contributed by atoms with Gasteiger partial charge in [0.05, 0.1) is 17.2 Å². The summed E-state index contributed by atoms with van der Waals surface area (Å²) >= 11 is 11.8. The van der Waals surface area contributed by atoms with Crippen molar-refractivity contribution in [1.82, 2.24) is 0 Å². The summed E-state index contributed by atoms with van der Waals surface area (Å²) in [5, 5.41) is 15.7. The smallest absolute Gasteiger partial charge is 0.266 e. The van der Waals surface area contributed by atoms with Crippen LogP contribution in [0.1, 0.15) is 16.7 Å². The second-order valence-electron chi connectivity index (χ2n) is 7.75. The number of rotatable bonds is 8. The average Bonchev–Trinajstić information content (AvgIpc) is 2.86. The largest absolute Gasteiger partial charge is 0.493 e. The van der Waals surface area contributed by atoms with Crippen LogP contribution in [0, 0.1) is 25.2 Å². The van der Waals surface area contributed by atoms with E-state index >= 15 is 0 Å². The summed E-state index contributed by atoms with van der Waals surface area (Å²) in [6.45, 7) is 3.56. The molecule has 0 heterocycles. The van der Waals surface area contributed by atoms with Crippen molar-refractivity contribution in [2.45, 2.75) is 13.8 Å². The number of nitriles is 1. The normalized spacial score (nSPS) is 10.8. The molecule has 0 spiro atoms. The number of hydrogen-bond donors (Lipinski definition) is 2. The summed E-state index contributed by atoms with van der Waals surface area (Å²) in [5.74, 6) is -0.283. The molecule has 0 aliphatic carbocycles. The third-order valence-corrected chi connectivity index (χ3v) is 6.02. The van der Waals surface area contributed by atoms with Crippen molar-refractivity contribution < 1.29 is 19.1 Å². The van der Waals surface area contributed by atoms with Crippen LogP contribution in [-0.2, 0) is 9.59 Å².